The van der Waals surface area contributed by atoms with E-state index in [1.165, 1.54) is 0 Å². The normalized spacial score (nSPS) is 12.5. The summed E-state index contributed by atoms with van der Waals surface area (Å²) in [5.74, 6) is -0.391. The molecule has 1 heterocycles. The van der Waals surface area contributed by atoms with Gasteiger partial charge >= 0.3 is 0 Å². The van der Waals surface area contributed by atoms with Crippen LogP contribution in [-0.2, 0) is 0 Å². The van der Waals surface area contributed by atoms with Gasteiger partial charge in [-0.2, -0.15) is 0 Å². The molecule has 0 aliphatic heterocycles. The van der Waals surface area contributed by atoms with Gasteiger partial charge in [0, 0.05) is 6.54 Å². The molecule has 0 saturated carbocycles. The minimum absolute atomic E-state index is 0.0413. The van der Waals surface area contributed by atoms with Crippen LogP contribution in [0, 0.1) is 5.92 Å². The van der Waals surface area contributed by atoms with E-state index in [4.69, 9.17) is 0 Å². The van der Waals surface area contributed by atoms with Crippen LogP contribution in [0.4, 0.5) is 0 Å². The third-order valence-corrected chi connectivity index (χ3v) is 3.89. The maximum absolute atomic E-state index is 12.1. The number of carbonyl (C=O) groups excluding carboxylic acids is 1. The fraction of sp³-hybridized carbons (Fsp3) is 0.438. The third-order valence-electron chi connectivity index (χ3n) is 3.89. The van der Waals surface area contributed by atoms with Crippen LogP contribution >= 0.6 is 0 Å². The molecule has 2 rings (SSSR count). The number of aliphatic hydroxyl groups is 1. The van der Waals surface area contributed by atoms with Gasteiger partial charge in [0.1, 0.15) is 0 Å². The Morgan fingerprint density at radius 1 is 1.32 bits per heavy atom. The summed E-state index contributed by atoms with van der Waals surface area (Å²) in [7, 11) is 0. The minimum atomic E-state index is -0.605. The molecule has 1 aromatic carbocycles. The summed E-state index contributed by atoms with van der Waals surface area (Å²) in [6.45, 7) is 4.14. The number of hydrogen-bond acceptors (Lipinski definition) is 4. The Bertz CT molecular complexity index is 707. The van der Waals surface area contributed by atoms with E-state index in [2.05, 4.69) is 15.3 Å². The van der Waals surface area contributed by atoms with Crippen LogP contribution in [0.25, 0.3) is 10.9 Å². The highest BCUT2D eigenvalue weighted by molar-refractivity contribution is 5.92. The number of hydrogen-bond donors (Lipinski definition) is 3. The average Bonchev–Trinajstić information content (AvgIpc) is 2.53. The van der Waals surface area contributed by atoms with E-state index in [0.29, 0.717) is 10.9 Å². The van der Waals surface area contributed by atoms with Crippen LogP contribution in [0.1, 0.15) is 37.3 Å². The monoisotopic (exact) mass is 303 g/mol. The van der Waals surface area contributed by atoms with Crippen molar-refractivity contribution in [2.75, 3.05) is 6.54 Å². The van der Waals surface area contributed by atoms with Gasteiger partial charge in [0.15, 0.2) is 5.82 Å². The van der Waals surface area contributed by atoms with E-state index in [-0.39, 0.29) is 23.8 Å². The molecule has 0 fully saturated rings. The first-order chi connectivity index (χ1) is 10.6. The zero-order chi connectivity index (χ0) is 16.1. The topological polar surface area (TPSA) is 95.1 Å². The van der Waals surface area contributed by atoms with Crippen LogP contribution < -0.4 is 10.9 Å². The van der Waals surface area contributed by atoms with Crippen molar-refractivity contribution in [1.29, 1.82) is 0 Å². The number of H-pyrrole nitrogens is 1. The predicted molar refractivity (Wildman–Crippen MR) is 84.8 cm³/mol. The Morgan fingerprint density at radius 2 is 2.00 bits per heavy atom. The van der Waals surface area contributed by atoms with Gasteiger partial charge in [-0.25, -0.2) is 4.98 Å². The first-order valence-corrected chi connectivity index (χ1v) is 7.52. The van der Waals surface area contributed by atoms with Gasteiger partial charge in [-0.3, -0.25) is 9.59 Å². The second-order valence-corrected chi connectivity index (χ2v) is 5.29. The molecule has 1 aromatic heterocycles. The number of benzene rings is 1. The lowest BCUT2D eigenvalue weighted by Crippen LogP contribution is -2.37. The SMILES string of the molecule is CCC(CC)[C@@H](O)CNC(=O)c1nc2ccccc2c(=O)[nH]1. The first kappa shape index (κ1) is 16.2. The van der Waals surface area contributed by atoms with E-state index in [9.17, 15) is 14.7 Å². The number of rotatable bonds is 6. The molecule has 6 nitrogen and oxygen atoms in total. The van der Waals surface area contributed by atoms with Crippen molar-refractivity contribution < 1.29 is 9.90 Å². The van der Waals surface area contributed by atoms with E-state index in [1.807, 2.05) is 13.8 Å². The molecule has 6 heteroatoms. The number of nitrogens with one attached hydrogen (secondary N) is 2. The van der Waals surface area contributed by atoms with E-state index in [1.54, 1.807) is 24.3 Å². The molecule has 118 valence electrons. The Labute approximate surface area is 128 Å². The molecule has 0 spiro atoms. The van der Waals surface area contributed by atoms with Crippen LogP contribution in [-0.4, -0.2) is 33.6 Å². The predicted octanol–water partition coefficient (Wildman–Crippen LogP) is 1.45. The van der Waals surface area contributed by atoms with Crippen LogP contribution in [0.3, 0.4) is 0 Å². The second-order valence-electron chi connectivity index (χ2n) is 5.29. The number of para-hydroxylation sites is 1. The second kappa shape index (κ2) is 7.17. The maximum Gasteiger partial charge on any atom is 0.287 e. The highest BCUT2D eigenvalue weighted by atomic mass is 16.3. The molecule has 0 saturated heterocycles. The van der Waals surface area contributed by atoms with E-state index in [0.717, 1.165) is 12.8 Å². The van der Waals surface area contributed by atoms with Crippen molar-refractivity contribution >= 4 is 16.8 Å². The summed E-state index contributed by atoms with van der Waals surface area (Å²) in [4.78, 5) is 30.6. The summed E-state index contributed by atoms with van der Waals surface area (Å²) in [5.41, 5.74) is 0.119. The fourth-order valence-corrected chi connectivity index (χ4v) is 2.47. The molecule has 0 radical (unpaired) electrons. The average molecular weight is 303 g/mol. The first-order valence-electron chi connectivity index (χ1n) is 7.52. The number of fused-ring (bicyclic) bond motifs is 1. The molecule has 0 bridgehead atoms. The minimum Gasteiger partial charge on any atom is -0.391 e. The van der Waals surface area contributed by atoms with E-state index < -0.39 is 12.0 Å². The molecular weight excluding hydrogens is 282 g/mol. The molecule has 0 aliphatic carbocycles. The molecule has 0 unspecified atom stereocenters. The van der Waals surface area contributed by atoms with Crippen molar-refractivity contribution in [2.45, 2.75) is 32.8 Å². The number of aromatic nitrogens is 2. The highest BCUT2D eigenvalue weighted by Crippen LogP contribution is 2.12. The van der Waals surface area contributed by atoms with Gasteiger partial charge in [-0.05, 0) is 18.1 Å². The van der Waals surface area contributed by atoms with Gasteiger partial charge in [0.05, 0.1) is 17.0 Å². The largest absolute Gasteiger partial charge is 0.391 e. The summed E-state index contributed by atoms with van der Waals surface area (Å²) < 4.78 is 0. The van der Waals surface area contributed by atoms with Crippen molar-refractivity contribution in [3.63, 3.8) is 0 Å². The lowest BCUT2D eigenvalue weighted by Gasteiger charge is -2.20. The molecule has 1 atom stereocenters. The number of aliphatic hydroxyl groups excluding tert-OH is 1. The van der Waals surface area contributed by atoms with Crippen LogP contribution in [0.5, 0.6) is 0 Å². The fourth-order valence-electron chi connectivity index (χ4n) is 2.47. The maximum atomic E-state index is 12.1. The lowest BCUT2D eigenvalue weighted by atomic mass is 9.96. The summed E-state index contributed by atoms with van der Waals surface area (Å²) in [6.07, 6.45) is 1.09. The third kappa shape index (κ3) is 3.51. The molecular formula is C16H21N3O3. The molecule has 0 aliphatic rings. The number of nitrogens with zero attached hydrogens (tertiary/aromatic N) is 1. The summed E-state index contributed by atoms with van der Waals surface area (Å²) >= 11 is 0. The van der Waals surface area contributed by atoms with E-state index >= 15 is 0 Å². The van der Waals surface area contributed by atoms with Gasteiger partial charge in [0.25, 0.3) is 11.5 Å². The van der Waals surface area contributed by atoms with Gasteiger partial charge < -0.3 is 15.4 Å². The van der Waals surface area contributed by atoms with Gasteiger partial charge in [-0.1, -0.05) is 38.8 Å². The summed E-state index contributed by atoms with van der Waals surface area (Å²) in [6, 6.07) is 6.83. The Balaban J connectivity index is 2.12. The lowest BCUT2D eigenvalue weighted by molar-refractivity contribution is 0.0809. The molecule has 22 heavy (non-hydrogen) atoms. The Morgan fingerprint density at radius 3 is 2.68 bits per heavy atom. The Kier molecular flexibility index (Phi) is 5.27. The number of aromatic amines is 1. The van der Waals surface area contributed by atoms with Crippen LogP contribution in [0.2, 0.25) is 0 Å². The summed E-state index contributed by atoms with van der Waals surface area (Å²) in [5, 5.41) is 13.1. The highest BCUT2D eigenvalue weighted by Gasteiger charge is 2.18. The van der Waals surface area contributed by atoms with Crippen molar-refractivity contribution in [1.82, 2.24) is 15.3 Å². The zero-order valence-electron chi connectivity index (χ0n) is 12.8. The number of amides is 1. The quantitative estimate of drug-likeness (QED) is 0.752. The smallest absolute Gasteiger partial charge is 0.287 e. The van der Waals surface area contributed by atoms with Gasteiger partial charge in [-0.15, -0.1) is 0 Å². The zero-order valence-corrected chi connectivity index (χ0v) is 12.8. The van der Waals surface area contributed by atoms with Crippen LogP contribution in [0.15, 0.2) is 29.1 Å². The van der Waals surface area contributed by atoms with Crippen molar-refractivity contribution in [3.8, 4) is 0 Å². The number of carbonyl (C=O) groups is 1. The Hall–Kier alpha value is -2.21. The molecule has 3 N–H and O–H groups in total. The molecule has 2 aromatic rings. The van der Waals surface area contributed by atoms with Crippen molar-refractivity contribution in [2.24, 2.45) is 5.92 Å². The molecule has 1 amide bonds. The van der Waals surface area contributed by atoms with Gasteiger partial charge in [0.2, 0.25) is 0 Å². The van der Waals surface area contributed by atoms with Crippen molar-refractivity contribution in [3.05, 3.63) is 40.4 Å². The standard InChI is InChI=1S/C16H21N3O3/c1-3-10(4-2)13(20)9-17-16(22)14-18-12-8-6-5-7-11(12)15(21)19-14/h5-8,10,13,20H,3-4,9H2,1-2H3,(H,17,22)(H,18,19,21)/t13-/m0/s1.